The molecule has 1 spiro atoms. The molecule has 35 heavy (non-hydrogen) atoms. The Balaban J connectivity index is 1.22. The van der Waals surface area contributed by atoms with Crippen molar-refractivity contribution in [1.29, 1.82) is 0 Å². The zero-order valence-corrected chi connectivity index (χ0v) is 21.6. The van der Waals surface area contributed by atoms with E-state index in [4.69, 9.17) is 11.6 Å². The average molecular weight is 494 g/mol. The Morgan fingerprint density at radius 2 is 1.89 bits per heavy atom. The number of pyridine rings is 1. The predicted octanol–water partition coefficient (Wildman–Crippen LogP) is 5.44. The first-order chi connectivity index (χ1) is 16.9. The van der Waals surface area contributed by atoms with Crippen LogP contribution in [-0.2, 0) is 10.2 Å². The van der Waals surface area contributed by atoms with Crippen molar-refractivity contribution in [3.8, 4) is 0 Å². The maximum absolute atomic E-state index is 13.9. The molecule has 2 aromatic rings. The molecule has 2 heterocycles. The Hall–Kier alpha value is -2.24. The van der Waals surface area contributed by atoms with Gasteiger partial charge in [-0.3, -0.25) is 14.6 Å². The summed E-state index contributed by atoms with van der Waals surface area (Å²) in [4.78, 5) is 33.4. The monoisotopic (exact) mass is 493 g/mol. The number of piperidine rings is 1. The first-order valence-corrected chi connectivity index (χ1v) is 13.6. The first-order valence-electron chi connectivity index (χ1n) is 13.2. The maximum Gasteiger partial charge on any atom is 0.253 e. The quantitative estimate of drug-likeness (QED) is 0.602. The van der Waals surface area contributed by atoms with Gasteiger partial charge in [-0.1, -0.05) is 42.8 Å². The molecule has 2 aliphatic carbocycles. The highest BCUT2D eigenvalue weighted by Gasteiger charge is 2.52. The van der Waals surface area contributed by atoms with E-state index in [1.54, 1.807) is 12.3 Å². The van der Waals surface area contributed by atoms with E-state index < -0.39 is 0 Å². The van der Waals surface area contributed by atoms with Gasteiger partial charge >= 0.3 is 0 Å². The van der Waals surface area contributed by atoms with Gasteiger partial charge in [-0.15, -0.1) is 0 Å². The molecule has 1 aromatic carbocycles. The zero-order chi connectivity index (χ0) is 24.6. The second-order valence-electron chi connectivity index (χ2n) is 10.7. The Kier molecular flexibility index (Phi) is 7.00. The number of carbonyl (C=O) groups excluding carboxylic acids is 2. The highest BCUT2D eigenvalue weighted by Crippen LogP contribution is 2.51. The molecule has 1 N–H and O–H groups in total. The average Bonchev–Trinajstić information content (AvgIpc) is 3.10. The fourth-order valence-corrected chi connectivity index (χ4v) is 6.88. The van der Waals surface area contributed by atoms with Crippen LogP contribution in [0.2, 0.25) is 5.02 Å². The largest absolute Gasteiger partial charge is 0.349 e. The molecule has 5 rings (SSSR count). The number of likely N-dealkylation sites (tertiary alicyclic amines) is 1. The van der Waals surface area contributed by atoms with Crippen molar-refractivity contribution in [3.05, 3.63) is 63.9 Å². The van der Waals surface area contributed by atoms with Crippen LogP contribution in [0.3, 0.4) is 0 Å². The number of carbonyl (C=O) groups is 2. The summed E-state index contributed by atoms with van der Waals surface area (Å²) >= 11 is 6.05. The van der Waals surface area contributed by atoms with Crippen LogP contribution in [0.5, 0.6) is 0 Å². The summed E-state index contributed by atoms with van der Waals surface area (Å²) < 4.78 is 0. The van der Waals surface area contributed by atoms with Crippen LogP contribution >= 0.6 is 11.6 Å². The van der Waals surface area contributed by atoms with Gasteiger partial charge in [-0.2, -0.15) is 0 Å². The Morgan fingerprint density at radius 3 is 2.60 bits per heavy atom. The summed E-state index contributed by atoms with van der Waals surface area (Å²) in [5.41, 5.74) is 3.55. The fourth-order valence-electron chi connectivity index (χ4n) is 6.72. The summed E-state index contributed by atoms with van der Waals surface area (Å²) in [6.07, 6.45) is 8.38. The van der Waals surface area contributed by atoms with E-state index in [9.17, 15) is 9.59 Å². The number of aryl methyl sites for hydroxylation is 1. The third kappa shape index (κ3) is 4.65. The van der Waals surface area contributed by atoms with Gasteiger partial charge in [0.15, 0.2) is 5.78 Å². The van der Waals surface area contributed by atoms with E-state index in [-0.39, 0.29) is 23.3 Å². The van der Waals surface area contributed by atoms with Crippen molar-refractivity contribution >= 4 is 23.3 Å². The molecule has 186 valence electrons. The lowest BCUT2D eigenvalue weighted by molar-refractivity contribution is -0.127. The third-order valence-electron chi connectivity index (χ3n) is 8.85. The topological polar surface area (TPSA) is 62.3 Å². The van der Waals surface area contributed by atoms with Gasteiger partial charge in [-0.25, -0.2) is 0 Å². The number of Topliss-reactive ketones (excluding diaryl/α,β-unsaturated/α-hetero) is 1. The number of rotatable bonds is 5. The first kappa shape index (κ1) is 24.5. The van der Waals surface area contributed by atoms with E-state index in [1.165, 1.54) is 11.1 Å². The van der Waals surface area contributed by atoms with E-state index in [1.807, 2.05) is 6.92 Å². The number of fused-ring (bicyclic) bond motifs is 2. The Bertz CT molecular complexity index is 1100. The molecule has 3 aliphatic rings. The number of halogens is 1. The van der Waals surface area contributed by atoms with E-state index in [0.717, 1.165) is 64.6 Å². The molecule has 0 bridgehead atoms. The van der Waals surface area contributed by atoms with Gasteiger partial charge < -0.3 is 10.2 Å². The fraction of sp³-hybridized carbons (Fsp3) is 0.552. The van der Waals surface area contributed by atoms with Crippen LogP contribution in [0, 0.1) is 12.8 Å². The minimum Gasteiger partial charge on any atom is -0.349 e. The van der Waals surface area contributed by atoms with Gasteiger partial charge in [0.25, 0.3) is 5.91 Å². The van der Waals surface area contributed by atoms with Crippen LogP contribution in [-0.4, -0.2) is 47.3 Å². The molecule has 5 nitrogen and oxygen atoms in total. The number of ketones is 1. The van der Waals surface area contributed by atoms with Crippen molar-refractivity contribution in [2.75, 3.05) is 19.6 Å². The summed E-state index contributed by atoms with van der Waals surface area (Å²) in [6, 6.07) is 10.5. The molecule has 1 atom stereocenters. The number of hydrogen-bond donors (Lipinski definition) is 1. The SMILES string of the molecule is CCN1CCC2(CC1)C(=O)C(CC1CCC(NC(=O)c3cc(Cl)cnc3C)CC1)c1ccccc12. The Labute approximate surface area is 213 Å². The molecule has 1 amide bonds. The van der Waals surface area contributed by atoms with Crippen molar-refractivity contribution in [1.82, 2.24) is 15.2 Å². The molecular formula is C29H36ClN3O2. The molecule has 0 radical (unpaired) electrons. The highest BCUT2D eigenvalue weighted by molar-refractivity contribution is 6.30. The number of benzene rings is 1. The molecule has 1 unspecified atom stereocenters. The van der Waals surface area contributed by atoms with E-state index in [2.05, 4.69) is 46.4 Å². The number of hydrogen-bond acceptors (Lipinski definition) is 4. The smallest absolute Gasteiger partial charge is 0.253 e. The van der Waals surface area contributed by atoms with Crippen molar-refractivity contribution in [2.45, 2.75) is 76.2 Å². The van der Waals surface area contributed by atoms with E-state index in [0.29, 0.717) is 28.0 Å². The standard InChI is InChI=1S/C29H36ClN3O2/c1-3-33-14-12-29(13-15-33)26-7-5-4-6-23(26)25(27(29)34)16-20-8-10-22(11-9-20)32-28(35)24-17-21(30)18-31-19(24)2/h4-7,17-18,20,22,25H,3,8-16H2,1-2H3,(H,32,35). The molecule has 1 saturated heterocycles. The van der Waals surface area contributed by atoms with Gasteiger partial charge in [0.05, 0.1) is 21.7 Å². The van der Waals surface area contributed by atoms with Gasteiger partial charge in [0.2, 0.25) is 0 Å². The van der Waals surface area contributed by atoms with Crippen molar-refractivity contribution in [3.63, 3.8) is 0 Å². The van der Waals surface area contributed by atoms with Crippen molar-refractivity contribution in [2.24, 2.45) is 5.92 Å². The van der Waals surface area contributed by atoms with Crippen LogP contribution in [0.25, 0.3) is 0 Å². The molecule has 1 aliphatic heterocycles. The van der Waals surface area contributed by atoms with Crippen LogP contribution in [0.4, 0.5) is 0 Å². The third-order valence-corrected chi connectivity index (χ3v) is 9.05. The predicted molar refractivity (Wildman–Crippen MR) is 139 cm³/mol. The van der Waals surface area contributed by atoms with Crippen molar-refractivity contribution < 1.29 is 9.59 Å². The lowest BCUT2D eigenvalue weighted by Gasteiger charge is -2.39. The number of nitrogens with one attached hydrogen (secondary N) is 1. The summed E-state index contributed by atoms with van der Waals surface area (Å²) in [5, 5.41) is 3.66. The summed E-state index contributed by atoms with van der Waals surface area (Å²) in [7, 11) is 0. The number of aromatic nitrogens is 1. The lowest BCUT2D eigenvalue weighted by Crippen LogP contribution is -2.46. The second-order valence-corrected chi connectivity index (χ2v) is 11.2. The molecule has 6 heteroatoms. The van der Waals surface area contributed by atoms with Gasteiger partial charge in [0, 0.05) is 18.2 Å². The van der Waals surface area contributed by atoms with Crippen LogP contribution in [0.15, 0.2) is 36.5 Å². The number of nitrogens with zero attached hydrogens (tertiary/aromatic N) is 2. The van der Waals surface area contributed by atoms with Gasteiger partial charge in [-0.05, 0) is 94.6 Å². The maximum atomic E-state index is 13.9. The molecule has 1 saturated carbocycles. The second kappa shape index (κ2) is 10.0. The highest BCUT2D eigenvalue weighted by atomic mass is 35.5. The van der Waals surface area contributed by atoms with Crippen LogP contribution < -0.4 is 5.32 Å². The van der Waals surface area contributed by atoms with E-state index >= 15 is 0 Å². The Morgan fingerprint density at radius 1 is 1.17 bits per heavy atom. The number of amides is 1. The normalized spacial score (nSPS) is 26.0. The summed E-state index contributed by atoms with van der Waals surface area (Å²) in [6.45, 7) is 7.11. The van der Waals surface area contributed by atoms with Crippen LogP contribution in [0.1, 0.15) is 85.0 Å². The molecule has 1 aromatic heterocycles. The summed E-state index contributed by atoms with van der Waals surface area (Å²) in [5.74, 6) is 0.913. The van der Waals surface area contributed by atoms with Gasteiger partial charge in [0.1, 0.15) is 0 Å². The lowest BCUT2D eigenvalue weighted by atomic mass is 9.71. The molecule has 2 fully saturated rings. The zero-order valence-electron chi connectivity index (χ0n) is 20.9. The molecular weight excluding hydrogens is 458 g/mol. The minimum absolute atomic E-state index is 0.0238. The minimum atomic E-state index is -0.277.